The molecule has 0 bridgehead atoms. The first-order chi connectivity index (χ1) is 11.0. The van der Waals surface area contributed by atoms with Gasteiger partial charge in [0.1, 0.15) is 17.5 Å². The average molecular weight is 313 g/mol. The predicted molar refractivity (Wildman–Crippen MR) is 90.4 cm³/mol. The van der Waals surface area contributed by atoms with Crippen molar-refractivity contribution in [3.63, 3.8) is 0 Å². The van der Waals surface area contributed by atoms with Gasteiger partial charge in [0.25, 0.3) is 0 Å². The van der Waals surface area contributed by atoms with Crippen LogP contribution in [0.25, 0.3) is 17.2 Å². The minimum absolute atomic E-state index is 0.164. The Kier molecular flexibility index (Phi) is 5.25. The summed E-state index contributed by atoms with van der Waals surface area (Å²) in [6.07, 6.45) is 5.30. The van der Waals surface area contributed by atoms with Gasteiger partial charge in [-0.3, -0.25) is 0 Å². The fraction of sp³-hybridized carbons (Fsp3) is 0.0556. The van der Waals surface area contributed by atoms with Crippen molar-refractivity contribution in [3.05, 3.63) is 77.4 Å². The van der Waals surface area contributed by atoms with E-state index in [1.165, 1.54) is 24.3 Å². The Morgan fingerprint density at radius 1 is 1.04 bits per heavy atom. The van der Waals surface area contributed by atoms with Gasteiger partial charge in [0.2, 0.25) is 0 Å². The number of hydrogen-bond acceptors (Lipinski definition) is 2. The second kappa shape index (κ2) is 7.35. The summed E-state index contributed by atoms with van der Waals surface area (Å²) < 4.78 is 26.7. The molecule has 0 unspecified atom stereocenters. The van der Waals surface area contributed by atoms with E-state index in [0.717, 1.165) is 5.56 Å². The number of benzene rings is 2. The Labute approximate surface area is 133 Å². The number of nitrogens with two attached hydrogens (primary N) is 2. The minimum atomic E-state index is -0.380. The standard InChI is InChI=1S/C18H17F2N3/c1-2-3-14(18(21)23-22)10-13-6-9-16(20)11-17(13)12-4-7-15(19)8-5-12/h2-11H,22H2,1H3,(H2,21,23)/b3-2+,14-10-. The first kappa shape index (κ1) is 16.4. The van der Waals surface area contributed by atoms with Crippen LogP contribution in [-0.2, 0) is 0 Å². The van der Waals surface area contributed by atoms with E-state index in [1.54, 1.807) is 36.4 Å². The van der Waals surface area contributed by atoms with Crippen molar-refractivity contribution in [3.8, 4) is 11.1 Å². The van der Waals surface area contributed by atoms with Crippen LogP contribution in [0.5, 0.6) is 0 Å². The molecule has 0 aliphatic rings. The molecule has 2 rings (SSSR count). The maximum atomic E-state index is 13.6. The summed E-state index contributed by atoms with van der Waals surface area (Å²) in [7, 11) is 0. The Bertz CT molecular complexity index is 775. The molecule has 0 radical (unpaired) electrons. The van der Waals surface area contributed by atoms with Gasteiger partial charge < -0.3 is 11.6 Å². The lowest BCUT2D eigenvalue weighted by Crippen LogP contribution is -2.15. The third-order valence-corrected chi connectivity index (χ3v) is 3.26. The number of halogens is 2. The fourth-order valence-corrected chi connectivity index (χ4v) is 2.16. The van der Waals surface area contributed by atoms with Crippen LogP contribution in [0.15, 0.2) is 65.3 Å². The number of allylic oxidation sites excluding steroid dienone is 1. The summed E-state index contributed by atoms with van der Waals surface area (Å²) in [6.45, 7) is 1.84. The molecule has 0 aromatic heterocycles. The molecule has 4 N–H and O–H groups in total. The highest BCUT2D eigenvalue weighted by Gasteiger charge is 2.08. The van der Waals surface area contributed by atoms with Crippen LogP contribution < -0.4 is 11.6 Å². The third-order valence-electron chi connectivity index (χ3n) is 3.26. The Morgan fingerprint density at radius 3 is 2.30 bits per heavy atom. The van der Waals surface area contributed by atoms with Crippen LogP contribution in [0.2, 0.25) is 0 Å². The van der Waals surface area contributed by atoms with E-state index < -0.39 is 0 Å². The molecule has 0 aliphatic carbocycles. The second-order valence-electron chi connectivity index (χ2n) is 4.85. The SMILES string of the molecule is C/C=C/C(=C/c1ccc(F)cc1-c1ccc(F)cc1)C(/N)=N/N. The highest BCUT2D eigenvalue weighted by atomic mass is 19.1. The van der Waals surface area contributed by atoms with Crippen molar-refractivity contribution < 1.29 is 8.78 Å². The van der Waals surface area contributed by atoms with Crippen LogP contribution in [0, 0.1) is 11.6 Å². The van der Waals surface area contributed by atoms with E-state index in [9.17, 15) is 8.78 Å². The Balaban J connectivity index is 2.61. The third kappa shape index (κ3) is 4.03. The molecule has 0 saturated carbocycles. The molecule has 0 saturated heterocycles. The van der Waals surface area contributed by atoms with Crippen molar-refractivity contribution in [1.29, 1.82) is 0 Å². The van der Waals surface area contributed by atoms with Gasteiger partial charge in [0, 0.05) is 5.57 Å². The molecule has 118 valence electrons. The molecule has 0 spiro atoms. The fourth-order valence-electron chi connectivity index (χ4n) is 2.16. The predicted octanol–water partition coefficient (Wildman–Crippen LogP) is 3.82. The normalized spacial score (nSPS) is 12.8. The highest BCUT2D eigenvalue weighted by Crippen LogP contribution is 2.27. The smallest absolute Gasteiger partial charge is 0.150 e. The molecule has 23 heavy (non-hydrogen) atoms. The molecule has 0 fully saturated rings. The number of hydrogen-bond donors (Lipinski definition) is 2. The second-order valence-corrected chi connectivity index (χ2v) is 4.85. The molecule has 2 aromatic carbocycles. The van der Waals surface area contributed by atoms with Crippen LogP contribution in [0.4, 0.5) is 8.78 Å². The number of rotatable bonds is 4. The first-order valence-corrected chi connectivity index (χ1v) is 6.98. The lowest BCUT2D eigenvalue weighted by Gasteiger charge is -2.09. The van der Waals surface area contributed by atoms with Gasteiger partial charge in [-0.05, 0) is 54.0 Å². The van der Waals surface area contributed by atoms with Crippen molar-refractivity contribution in [2.45, 2.75) is 6.92 Å². The van der Waals surface area contributed by atoms with Gasteiger partial charge in [-0.2, -0.15) is 5.10 Å². The number of amidine groups is 1. The Morgan fingerprint density at radius 2 is 1.70 bits per heavy atom. The van der Waals surface area contributed by atoms with E-state index >= 15 is 0 Å². The van der Waals surface area contributed by atoms with Gasteiger partial charge in [-0.1, -0.05) is 30.4 Å². The molecule has 0 atom stereocenters. The molecular formula is C18H17F2N3. The largest absolute Gasteiger partial charge is 0.382 e. The quantitative estimate of drug-likeness (QED) is 0.296. The van der Waals surface area contributed by atoms with Gasteiger partial charge in [-0.25, -0.2) is 8.78 Å². The van der Waals surface area contributed by atoms with Crippen molar-refractivity contribution in [2.75, 3.05) is 0 Å². The summed E-state index contributed by atoms with van der Waals surface area (Å²) in [6, 6.07) is 10.2. The molecule has 0 aliphatic heterocycles. The molecule has 5 heteroatoms. The number of nitrogens with zero attached hydrogens (tertiary/aromatic N) is 1. The zero-order chi connectivity index (χ0) is 16.8. The summed E-state index contributed by atoms with van der Waals surface area (Å²) in [5.74, 6) is 4.67. The molecule has 2 aromatic rings. The van der Waals surface area contributed by atoms with Crippen LogP contribution in [0.3, 0.4) is 0 Å². The number of hydrazone groups is 1. The van der Waals surface area contributed by atoms with E-state index in [0.29, 0.717) is 16.7 Å². The first-order valence-electron chi connectivity index (χ1n) is 6.98. The van der Waals surface area contributed by atoms with E-state index in [4.69, 9.17) is 11.6 Å². The molecule has 0 heterocycles. The van der Waals surface area contributed by atoms with Crippen molar-refractivity contribution in [1.82, 2.24) is 0 Å². The summed E-state index contributed by atoms with van der Waals surface area (Å²) in [5.41, 5.74) is 8.41. The lowest BCUT2D eigenvalue weighted by molar-refractivity contribution is 0.627. The maximum Gasteiger partial charge on any atom is 0.150 e. The summed E-state index contributed by atoms with van der Waals surface area (Å²) in [4.78, 5) is 0. The van der Waals surface area contributed by atoms with Crippen molar-refractivity contribution in [2.24, 2.45) is 16.7 Å². The van der Waals surface area contributed by atoms with E-state index in [-0.39, 0.29) is 17.5 Å². The molecular weight excluding hydrogens is 296 g/mol. The highest BCUT2D eigenvalue weighted by molar-refractivity contribution is 6.04. The van der Waals surface area contributed by atoms with Gasteiger partial charge in [0.15, 0.2) is 0 Å². The summed E-state index contributed by atoms with van der Waals surface area (Å²) >= 11 is 0. The maximum absolute atomic E-state index is 13.6. The molecule has 3 nitrogen and oxygen atoms in total. The van der Waals surface area contributed by atoms with Crippen LogP contribution >= 0.6 is 0 Å². The minimum Gasteiger partial charge on any atom is -0.382 e. The van der Waals surface area contributed by atoms with Gasteiger partial charge in [-0.15, -0.1) is 0 Å². The van der Waals surface area contributed by atoms with Gasteiger partial charge >= 0.3 is 0 Å². The summed E-state index contributed by atoms with van der Waals surface area (Å²) in [5, 5.41) is 3.49. The zero-order valence-corrected chi connectivity index (χ0v) is 12.6. The zero-order valence-electron chi connectivity index (χ0n) is 12.6. The van der Waals surface area contributed by atoms with Crippen LogP contribution in [0.1, 0.15) is 12.5 Å². The van der Waals surface area contributed by atoms with Crippen LogP contribution in [-0.4, -0.2) is 5.84 Å². The monoisotopic (exact) mass is 313 g/mol. The Hall–Kier alpha value is -2.95. The van der Waals surface area contributed by atoms with Gasteiger partial charge in [0.05, 0.1) is 0 Å². The van der Waals surface area contributed by atoms with E-state index in [2.05, 4.69) is 5.10 Å². The van der Waals surface area contributed by atoms with E-state index in [1.807, 2.05) is 6.92 Å². The van der Waals surface area contributed by atoms with Crippen molar-refractivity contribution >= 4 is 11.9 Å². The average Bonchev–Trinajstić information content (AvgIpc) is 2.56. The lowest BCUT2D eigenvalue weighted by atomic mass is 9.97. The topological polar surface area (TPSA) is 64.4 Å². The molecule has 0 amide bonds.